The van der Waals surface area contributed by atoms with Gasteiger partial charge in [-0.25, -0.2) is 0 Å². The number of benzene rings is 3. The van der Waals surface area contributed by atoms with Crippen molar-refractivity contribution in [1.29, 1.82) is 0 Å². The number of nitrogens with one attached hydrogen (secondary N) is 1. The summed E-state index contributed by atoms with van der Waals surface area (Å²) in [5.41, 5.74) is 7.04. The lowest BCUT2D eigenvalue weighted by molar-refractivity contribution is 0.960. The Hall–Kier alpha value is -3.06. The van der Waals surface area contributed by atoms with Gasteiger partial charge < -0.3 is 5.32 Å². The Morgan fingerprint density at radius 3 is 1.96 bits per heavy atom. The van der Waals surface area contributed by atoms with Crippen molar-refractivity contribution in [3.63, 3.8) is 0 Å². The van der Waals surface area contributed by atoms with Crippen LogP contribution in [-0.4, -0.2) is 0 Å². The molecule has 0 unspecified atom stereocenters. The highest BCUT2D eigenvalue weighted by Crippen LogP contribution is 2.24. The molecule has 3 aromatic rings. The Bertz CT molecular complexity index is 856. The highest BCUT2D eigenvalue weighted by atomic mass is 14.9. The molecule has 0 aromatic heterocycles. The number of allylic oxidation sites excluding steroid dienone is 3. The summed E-state index contributed by atoms with van der Waals surface area (Å²) in [6.45, 7) is 6.12. The largest absolute Gasteiger partial charge is 0.356 e. The van der Waals surface area contributed by atoms with E-state index in [9.17, 15) is 0 Å². The molecule has 0 aliphatic rings. The smallest absolute Gasteiger partial charge is 0.0384 e. The second-order valence-corrected chi connectivity index (χ2v) is 6.30. The first-order chi connectivity index (χ1) is 12.8. The van der Waals surface area contributed by atoms with Crippen LogP contribution in [0, 0.1) is 0 Å². The molecule has 0 aliphatic heterocycles. The zero-order valence-electron chi connectivity index (χ0n) is 15.3. The van der Waals surface area contributed by atoms with Crippen molar-refractivity contribution in [3.8, 4) is 11.1 Å². The molecule has 0 saturated heterocycles. The number of rotatable bonds is 7. The van der Waals surface area contributed by atoms with E-state index in [1.165, 1.54) is 22.3 Å². The predicted octanol–water partition coefficient (Wildman–Crippen LogP) is 7.47. The third kappa shape index (κ3) is 4.52. The third-order valence-electron chi connectivity index (χ3n) is 4.37. The first-order valence-electron chi connectivity index (χ1n) is 9.15. The van der Waals surface area contributed by atoms with Crippen LogP contribution in [0.25, 0.3) is 16.7 Å². The van der Waals surface area contributed by atoms with E-state index in [1.807, 2.05) is 12.1 Å². The summed E-state index contributed by atoms with van der Waals surface area (Å²) in [7, 11) is 0. The minimum absolute atomic E-state index is 1.08. The molecule has 0 spiro atoms. The van der Waals surface area contributed by atoms with Crippen LogP contribution >= 0.6 is 0 Å². The summed E-state index contributed by atoms with van der Waals surface area (Å²) in [4.78, 5) is 0. The minimum atomic E-state index is 1.08. The fraction of sp³-hybridized carbons (Fsp3) is 0.120. The van der Waals surface area contributed by atoms with Gasteiger partial charge in [-0.1, -0.05) is 86.7 Å². The second-order valence-electron chi connectivity index (χ2n) is 6.30. The predicted molar refractivity (Wildman–Crippen MR) is 115 cm³/mol. The topological polar surface area (TPSA) is 12.0 Å². The van der Waals surface area contributed by atoms with E-state index in [2.05, 4.69) is 97.7 Å². The van der Waals surface area contributed by atoms with Gasteiger partial charge in [-0.3, -0.25) is 0 Å². The molecule has 1 N–H and O–H groups in total. The van der Waals surface area contributed by atoms with E-state index in [1.54, 1.807) is 0 Å². The fourth-order valence-electron chi connectivity index (χ4n) is 2.91. The molecule has 1 heteroatoms. The molecule has 0 aliphatic carbocycles. The first-order valence-corrected chi connectivity index (χ1v) is 9.15. The number of hydrogen-bond acceptors (Lipinski definition) is 1. The summed E-state index contributed by atoms with van der Waals surface area (Å²) in [5.74, 6) is 0. The van der Waals surface area contributed by atoms with Gasteiger partial charge in [0.05, 0.1) is 0 Å². The molecule has 3 aromatic carbocycles. The Balaban J connectivity index is 1.70. The Morgan fingerprint density at radius 2 is 1.38 bits per heavy atom. The van der Waals surface area contributed by atoms with E-state index < -0.39 is 0 Å². The lowest BCUT2D eigenvalue weighted by Gasteiger charge is -2.09. The van der Waals surface area contributed by atoms with Crippen LogP contribution in [0.3, 0.4) is 0 Å². The molecule has 0 bridgehead atoms. The van der Waals surface area contributed by atoms with Crippen LogP contribution in [0.15, 0.2) is 97.6 Å². The van der Waals surface area contributed by atoms with Gasteiger partial charge in [0.25, 0.3) is 0 Å². The van der Waals surface area contributed by atoms with Gasteiger partial charge in [0.1, 0.15) is 0 Å². The summed E-state index contributed by atoms with van der Waals surface area (Å²) < 4.78 is 0. The van der Waals surface area contributed by atoms with Gasteiger partial charge in [-0.15, -0.1) is 0 Å². The fourth-order valence-corrected chi connectivity index (χ4v) is 2.91. The number of hydrogen-bond donors (Lipinski definition) is 1. The Kier molecular flexibility index (Phi) is 6.05. The monoisotopic (exact) mass is 339 g/mol. The average Bonchev–Trinajstić information content (AvgIpc) is 2.71. The molecule has 0 amide bonds. The quantitative estimate of drug-likeness (QED) is 0.440. The number of unbranched alkanes of at least 4 members (excludes halogenated alkanes) is 1. The van der Waals surface area contributed by atoms with Crippen LogP contribution in [0.1, 0.15) is 25.3 Å². The van der Waals surface area contributed by atoms with Crippen LogP contribution in [0.2, 0.25) is 0 Å². The van der Waals surface area contributed by atoms with Crippen LogP contribution in [0.5, 0.6) is 0 Å². The zero-order valence-corrected chi connectivity index (χ0v) is 15.3. The van der Waals surface area contributed by atoms with Crippen LogP contribution in [-0.2, 0) is 0 Å². The van der Waals surface area contributed by atoms with Crippen LogP contribution in [0.4, 0.5) is 11.4 Å². The summed E-state index contributed by atoms with van der Waals surface area (Å²) in [6.07, 6.45) is 6.41. The molecular weight excluding hydrogens is 314 g/mol. The lowest BCUT2D eigenvalue weighted by atomic mass is 10.0. The zero-order chi connectivity index (χ0) is 18.2. The van der Waals surface area contributed by atoms with Gasteiger partial charge >= 0.3 is 0 Å². The highest BCUT2D eigenvalue weighted by molar-refractivity contribution is 5.75. The van der Waals surface area contributed by atoms with E-state index >= 15 is 0 Å². The van der Waals surface area contributed by atoms with Gasteiger partial charge in [0.15, 0.2) is 0 Å². The summed E-state index contributed by atoms with van der Waals surface area (Å²) in [5, 5.41) is 3.46. The van der Waals surface area contributed by atoms with Gasteiger partial charge in [0.2, 0.25) is 0 Å². The van der Waals surface area contributed by atoms with E-state index in [4.69, 9.17) is 0 Å². The van der Waals surface area contributed by atoms with Crippen molar-refractivity contribution >= 4 is 16.9 Å². The van der Waals surface area contributed by atoms with Crippen molar-refractivity contribution in [2.75, 3.05) is 5.32 Å². The lowest BCUT2D eigenvalue weighted by Crippen LogP contribution is -1.91. The molecule has 0 atom stereocenters. The van der Waals surface area contributed by atoms with Gasteiger partial charge in [-0.2, -0.15) is 0 Å². The molecule has 0 fully saturated rings. The van der Waals surface area contributed by atoms with Gasteiger partial charge in [-0.05, 0) is 52.9 Å². The van der Waals surface area contributed by atoms with E-state index in [0.717, 1.165) is 24.2 Å². The molecule has 3 rings (SSSR count). The normalized spacial score (nSPS) is 11.2. The van der Waals surface area contributed by atoms with Gasteiger partial charge in [0, 0.05) is 11.4 Å². The van der Waals surface area contributed by atoms with Crippen molar-refractivity contribution < 1.29 is 0 Å². The third-order valence-corrected chi connectivity index (χ3v) is 4.37. The molecular formula is C25H25N. The van der Waals surface area contributed by atoms with Crippen molar-refractivity contribution in [3.05, 3.63) is 103 Å². The summed E-state index contributed by atoms with van der Waals surface area (Å²) in [6, 6.07) is 27.5. The molecule has 1 nitrogen and oxygen atoms in total. The van der Waals surface area contributed by atoms with Crippen molar-refractivity contribution in [1.82, 2.24) is 0 Å². The maximum Gasteiger partial charge on any atom is 0.0384 e. The Labute approximate surface area is 156 Å². The average molecular weight is 339 g/mol. The summed E-state index contributed by atoms with van der Waals surface area (Å²) >= 11 is 0. The maximum atomic E-state index is 3.93. The van der Waals surface area contributed by atoms with Crippen molar-refractivity contribution in [2.45, 2.75) is 19.8 Å². The highest BCUT2D eigenvalue weighted by Gasteiger charge is 2.00. The SMILES string of the molecule is C=C/C(=C\CCC)c1ccc(Nc2ccc(-c3ccccc3)cc2)cc1. The maximum absolute atomic E-state index is 3.93. The second kappa shape index (κ2) is 8.87. The molecule has 0 radical (unpaired) electrons. The van der Waals surface area contributed by atoms with E-state index in [-0.39, 0.29) is 0 Å². The standard InChI is InChI=1S/C25H25N/c1-3-5-9-20(4-2)22-12-16-24(17-13-22)26-25-18-14-23(15-19-25)21-10-7-6-8-11-21/h4,6-19,26H,2-3,5H2,1H3/b20-9+. The Morgan fingerprint density at radius 1 is 0.808 bits per heavy atom. The molecule has 130 valence electrons. The van der Waals surface area contributed by atoms with Crippen LogP contribution < -0.4 is 5.32 Å². The minimum Gasteiger partial charge on any atom is -0.356 e. The number of anilines is 2. The van der Waals surface area contributed by atoms with E-state index in [0.29, 0.717) is 0 Å². The van der Waals surface area contributed by atoms with Crippen molar-refractivity contribution in [2.24, 2.45) is 0 Å². The molecule has 0 heterocycles. The first kappa shape index (κ1) is 17.8. The molecule has 26 heavy (non-hydrogen) atoms. The molecule has 0 saturated carbocycles.